The van der Waals surface area contributed by atoms with Gasteiger partial charge < -0.3 is 15.2 Å². The van der Waals surface area contributed by atoms with Gasteiger partial charge in [-0.05, 0) is 48.7 Å². The fourth-order valence-electron chi connectivity index (χ4n) is 4.61. The molecule has 2 heterocycles. The summed E-state index contributed by atoms with van der Waals surface area (Å²) < 4.78 is 16.8. The van der Waals surface area contributed by atoms with Gasteiger partial charge >= 0.3 is 0 Å². The lowest BCUT2D eigenvalue weighted by atomic mass is 10.0. The number of nitrogens with zero attached hydrogens (tertiary/aromatic N) is 3. The second-order valence-corrected chi connectivity index (χ2v) is 9.15. The van der Waals surface area contributed by atoms with Crippen LogP contribution in [-0.2, 0) is 17.8 Å². The molecule has 188 valence electrons. The van der Waals surface area contributed by atoms with E-state index in [0.29, 0.717) is 17.0 Å². The Morgan fingerprint density at radius 1 is 0.919 bits per heavy atom. The molecule has 37 heavy (non-hydrogen) atoms. The predicted molar refractivity (Wildman–Crippen MR) is 139 cm³/mol. The summed E-state index contributed by atoms with van der Waals surface area (Å²) in [4.78, 5) is 25.9. The van der Waals surface area contributed by atoms with Crippen LogP contribution in [0.1, 0.15) is 53.5 Å². The predicted octanol–water partition coefficient (Wildman–Crippen LogP) is 5.31. The standard InChI is InChI=1S/C29H28FN5O2/c30-23-16-15-22(28-34-33-26-14-8-3-9-17-35(26)28)18-25(23)31-27(36)19-24(20-10-4-1-5-11-20)32-29(37)21-12-6-2-7-13-21/h1-2,4-7,10-13,15-16,18,24H,3,8-9,14,17,19H2,(H,31,36)(H,32,37). The van der Waals surface area contributed by atoms with E-state index in [0.717, 1.165) is 43.6 Å². The van der Waals surface area contributed by atoms with Crippen molar-refractivity contribution in [1.82, 2.24) is 20.1 Å². The molecule has 2 N–H and O–H groups in total. The minimum atomic E-state index is -0.590. The van der Waals surface area contributed by atoms with Crippen molar-refractivity contribution in [1.29, 1.82) is 0 Å². The van der Waals surface area contributed by atoms with Crippen LogP contribution in [0.25, 0.3) is 11.4 Å². The molecule has 2 amide bonds. The van der Waals surface area contributed by atoms with Gasteiger partial charge in [-0.25, -0.2) is 4.39 Å². The number of hydrogen-bond acceptors (Lipinski definition) is 4. The molecule has 5 rings (SSSR count). The number of carbonyl (C=O) groups is 2. The number of hydrogen-bond donors (Lipinski definition) is 2. The number of halogens is 1. The topological polar surface area (TPSA) is 88.9 Å². The summed E-state index contributed by atoms with van der Waals surface area (Å²) in [6, 6.07) is 22.1. The molecule has 0 radical (unpaired) electrons. The highest BCUT2D eigenvalue weighted by Crippen LogP contribution is 2.27. The van der Waals surface area contributed by atoms with Crippen LogP contribution >= 0.6 is 0 Å². The van der Waals surface area contributed by atoms with E-state index in [4.69, 9.17) is 0 Å². The number of fused-ring (bicyclic) bond motifs is 1. The molecule has 8 heteroatoms. The van der Waals surface area contributed by atoms with Crippen molar-refractivity contribution in [2.45, 2.75) is 44.7 Å². The normalized spacial score (nSPS) is 13.8. The van der Waals surface area contributed by atoms with Crippen LogP contribution in [0.5, 0.6) is 0 Å². The molecule has 1 unspecified atom stereocenters. The maximum Gasteiger partial charge on any atom is 0.251 e. The zero-order chi connectivity index (χ0) is 25.6. The van der Waals surface area contributed by atoms with Crippen LogP contribution in [0.3, 0.4) is 0 Å². The first-order valence-corrected chi connectivity index (χ1v) is 12.5. The summed E-state index contributed by atoms with van der Waals surface area (Å²) in [7, 11) is 0. The van der Waals surface area contributed by atoms with Gasteiger partial charge in [0, 0.05) is 24.1 Å². The van der Waals surface area contributed by atoms with E-state index in [1.54, 1.807) is 36.4 Å². The summed E-state index contributed by atoms with van der Waals surface area (Å²) in [5.74, 6) is 0.352. The number of rotatable bonds is 7. The molecule has 0 spiro atoms. The zero-order valence-corrected chi connectivity index (χ0v) is 20.4. The summed E-state index contributed by atoms with van der Waals surface area (Å²) in [6.45, 7) is 0.816. The Morgan fingerprint density at radius 3 is 2.46 bits per heavy atom. The highest BCUT2D eigenvalue weighted by Gasteiger charge is 2.21. The first kappa shape index (κ1) is 24.4. The molecule has 1 aliphatic rings. The lowest BCUT2D eigenvalue weighted by molar-refractivity contribution is -0.116. The number of anilines is 1. The number of carbonyl (C=O) groups excluding carboxylic acids is 2. The Balaban J connectivity index is 1.35. The van der Waals surface area contributed by atoms with E-state index in [1.165, 1.54) is 6.07 Å². The van der Waals surface area contributed by atoms with Gasteiger partial charge in [0.05, 0.1) is 18.2 Å². The van der Waals surface area contributed by atoms with E-state index in [2.05, 4.69) is 25.4 Å². The Hall–Kier alpha value is -4.33. The number of aromatic nitrogens is 3. The van der Waals surface area contributed by atoms with Gasteiger partial charge in [0.25, 0.3) is 5.91 Å². The summed E-state index contributed by atoms with van der Waals surface area (Å²) >= 11 is 0. The number of aryl methyl sites for hydroxylation is 1. The highest BCUT2D eigenvalue weighted by molar-refractivity contribution is 5.96. The fraction of sp³-hybridized carbons (Fsp3) is 0.241. The van der Waals surface area contributed by atoms with Crippen LogP contribution in [-0.4, -0.2) is 26.6 Å². The molecule has 0 aliphatic carbocycles. The average Bonchev–Trinajstić information content (AvgIpc) is 3.18. The summed E-state index contributed by atoms with van der Waals surface area (Å²) in [5.41, 5.74) is 2.03. The van der Waals surface area contributed by atoms with Crippen molar-refractivity contribution in [2.24, 2.45) is 0 Å². The molecule has 4 aromatic rings. The van der Waals surface area contributed by atoms with Gasteiger partial charge in [-0.2, -0.15) is 0 Å². The maximum atomic E-state index is 14.7. The summed E-state index contributed by atoms with van der Waals surface area (Å²) in [6.07, 6.45) is 4.06. The first-order valence-electron chi connectivity index (χ1n) is 12.5. The second-order valence-electron chi connectivity index (χ2n) is 9.15. The smallest absolute Gasteiger partial charge is 0.251 e. The van der Waals surface area contributed by atoms with E-state index < -0.39 is 17.8 Å². The zero-order valence-electron chi connectivity index (χ0n) is 20.4. The lowest BCUT2D eigenvalue weighted by Crippen LogP contribution is -2.31. The van der Waals surface area contributed by atoms with Crippen LogP contribution in [0.15, 0.2) is 78.9 Å². The molecule has 0 fully saturated rings. The minimum Gasteiger partial charge on any atom is -0.345 e. The number of benzene rings is 3. The molecular formula is C29H28FN5O2. The largest absolute Gasteiger partial charge is 0.345 e. The number of nitrogens with one attached hydrogen (secondary N) is 2. The van der Waals surface area contributed by atoms with Crippen molar-refractivity contribution in [3.05, 3.63) is 102 Å². The van der Waals surface area contributed by atoms with Crippen LogP contribution in [0.4, 0.5) is 10.1 Å². The van der Waals surface area contributed by atoms with E-state index in [1.807, 2.05) is 36.4 Å². The van der Waals surface area contributed by atoms with Gasteiger partial charge in [0.1, 0.15) is 11.6 Å². The van der Waals surface area contributed by atoms with Crippen molar-refractivity contribution >= 4 is 17.5 Å². The van der Waals surface area contributed by atoms with Gasteiger partial charge in [-0.3, -0.25) is 9.59 Å². The van der Waals surface area contributed by atoms with Crippen molar-refractivity contribution in [2.75, 3.05) is 5.32 Å². The minimum absolute atomic E-state index is 0.0629. The maximum absolute atomic E-state index is 14.7. The Kier molecular flexibility index (Phi) is 7.35. The number of amides is 2. The molecule has 0 saturated heterocycles. The molecular weight excluding hydrogens is 469 g/mol. The van der Waals surface area contributed by atoms with E-state index in [9.17, 15) is 14.0 Å². The van der Waals surface area contributed by atoms with Crippen molar-refractivity contribution < 1.29 is 14.0 Å². The van der Waals surface area contributed by atoms with E-state index >= 15 is 0 Å². The summed E-state index contributed by atoms with van der Waals surface area (Å²) in [5, 5.41) is 14.3. The third-order valence-corrected chi connectivity index (χ3v) is 6.54. The third-order valence-electron chi connectivity index (χ3n) is 6.54. The lowest BCUT2D eigenvalue weighted by Gasteiger charge is -2.19. The van der Waals surface area contributed by atoms with Crippen molar-refractivity contribution in [3.63, 3.8) is 0 Å². The molecule has 0 saturated carbocycles. The van der Waals surface area contributed by atoms with Gasteiger partial charge in [0.2, 0.25) is 5.91 Å². The highest BCUT2D eigenvalue weighted by atomic mass is 19.1. The molecule has 0 bridgehead atoms. The first-order chi connectivity index (χ1) is 18.1. The Bertz CT molecular complexity index is 1390. The molecule has 1 atom stereocenters. The van der Waals surface area contributed by atoms with Gasteiger partial charge in [-0.1, -0.05) is 55.0 Å². The molecule has 1 aliphatic heterocycles. The molecule has 7 nitrogen and oxygen atoms in total. The SMILES string of the molecule is O=C(CC(NC(=O)c1ccccc1)c1ccccc1)Nc1cc(-c2nnc3n2CCCCC3)ccc1F. The van der Waals surface area contributed by atoms with Gasteiger partial charge in [0.15, 0.2) is 5.82 Å². The second kappa shape index (κ2) is 11.2. The Morgan fingerprint density at radius 2 is 1.68 bits per heavy atom. The molecule has 3 aromatic carbocycles. The van der Waals surface area contributed by atoms with Crippen LogP contribution in [0, 0.1) is 5.82 Å². The van der Waals surface area contributed by atoms with Crippen LogP contribution in [0.2, 0.25) is 0 Å². The quantitative estimate of drug-likeness (QED) is 0.362. The third kappa shape index (κ3) is 5.74. The fourth-order valence-corrected chi connectivity index (χ4v) is 4.61. The average molecular weight is 498 g/mol. The van der Waals surface area contributed by atoms with Gasteiger partial charge in [-0.15, -0.1) is 10.2 Å². The molecule has 1 aromatic heterocycles. The monoisotopic (exact) mass is 497 g/mol. The van der Waals surface area contributed by atoms with E-state index in [-0.39, 0.29) is 18.0 Å². The van der Waals surface area contributed by atoms with Crippen LogP contribution < -0.4 is 10.6 Å². The Labute approximate surface area is 214 Å². The van der Waals surface area contributed by atoms with Crippen molar-refractivity contribution in [3.8, 4) is 11.4 Å².